The molecule has 0 saturated heterocycles. The standard InChI is InChI=1S/C18H32O3/c1-17(2,3)15(19)11-13-8-7-9-14(10-13)12-21-16(20)18(4,5)6/h13-14H,7-12H2,1-6H3. The first kappa shape index (κ1) is 18.2. The molecule has 1 aliphatic rings. The van der Waals surface area contributed by atoms with Crippen LogP contribution < -0.4 is 0 Å². The lowest BCUT2D eigenvalue weighted by atomic mass is 9.76. The van der Waals surface area contributed by atoms with Crippen molar-refractivity contribution in [1.29, 1.82) is 0 Å². The SMILES string of the molecule is CC(C)(C)C(=O)CC1CCCC(COC(=O)C(C)(C)C)C1. The van der Waals surface area contributed by atoms with Crippen molar-refractivity contribution < 1.29 is 14.3 Å². The number of hydrogen-bond donors (Lipinski definition) is 0. The maximum absolute atomic E-state index is 12.2. The minimum absolute atomic E-state index is 0.129. The van der Waals surface area contributed by atoms with E-state index in [9.17, 15) is 9.59 Å². The van der Waals surface area contributed by atoms with Gasteiger partial charge in [-0.15, -0.1) is 0 Å². The summed E-state index contributed by atoms with van der Waals surface area (Å²) in [6.07, 6.45) is 5.06. The summed E-state index contributed by atoms with van der Waals surface area (Å²) in [5.74, 6) is 1.10. The molecule has 1 fully saturated rings. The van der Waals surface area contributed by atoms with E-state index in [-0.39, 0.29) is 11.4 Å². The van der Waals surface area contributed by atoms with Crippen LogP contribution in [0.25, 0.3) is 0 Å². The molecule has 2 unspecified atom stereocenters. The van der Waals surface area contributed by atoms with Crippen LogP contribution in [0.2, 0.25) is 0 Å². The number of ketones is 1. The fourth-order valence-corrected chi connectivity index (χ4v) is 2.72. The van der Waals surface area contributed by atoms with Crippen LogP contribution in [-0.2, 0) is 14.3 Å². The topological polar surface area (TPSA) is 43.4 Å². The molecule has 0 bridgehead atoms. The van der Waals surface area contributed by atoms with Gasteiger partial charge in [0, 0.05) is 11.8 Å². The van der Waals surface area contributed by atoms with Crippen molar-refractivity contribution in [1.82, 2.24) is 0 Å². The summed E-state index contributed by atoms with van der Waals surface area (Å²) in [6, 6.07) is 0. The number of Topliss-reactive ketones (excluding diaryl/α,β-unsaturated/α-hetero) is 1. The van der Waals surface area contributed by atoms with Gasteiger partial charge in [-0.05, 0) is 51.9 Å². The highest BCUT2D eigenvalue weighted by molar-refractivity contribution is 5.83. The molecule has 1 aliphatic carbocycles. The van der Waals surface area contributed by atoms with Gasteiger partial charge < -0.3 is 4.74 Å². The number of rotatable bonds is 4. The Balaban J connectivity index is 2.43. The summed E-state index contributed by atoms with van der Waals surface area (Å²) in [5, 5.41) is 0. The van der Waals surface area contributed by atoms with E-state index in [0.717, 1.165) is 25.7 Å². The highest BCUT2D eigenvalue weighted by atomic mass is 16.5. The lowest BCUT2D eigenvalue weighted by Crippen LogP contribution is -2.29. The van der Waals surface area contributed by atoms with E-state index in [1.54, 1.807) is 0 Å². The van der Waals surface area contributed by atoms with Crippen molar-refractivity contribution in [2.24, 2.45) is 22.7 Å². The molecule has 3 heteroatoms. The van der Waals surface area contributed by atoms with Crippen molar-refractivity contribution in [2.45, 2.75) is 73.6 Å². The fraction of sp³-hybridized carbons (Fsp3) is 0.889. The Kier molecular flexibility index (Phi) is 6.01. The minimum atomic E-state index is -0.434. The average Bonchev–Trinajstić information content (AvgIpc) is 2.34. The molecule has 0 aromatic rings. The molecule has 21 heavy (non-hydrogen) atoms. The molecule has 2 atom stereocenters. The smallest absolute Gasteiger partial charge is 0.311 e. The molecule has 3 nitrogen and oxygen atoms in total. The van der Waals surface area contributed by atoms with Crippen molar-refractivity contribution in [3.05, 3.63) is 0 Å². The predicted octanol–water partition coefficient (Wildman–Crippen LogP) is 4.39. The molecule has 0 aliphatic heterocycles. The Morgan fingerprint density at radius 2 is 1.52 bits per heavy atom. The summed E-state index contributed by atoms with van der Waals surface area (Å²) in [4.78, 5) is 24.0. The predicted molar refractivity (Wildman–Crippen MR) is 84.9 cm³/mol. The summed E-state index contributed by atoms with van der Waals surface area (Å²) in [7, 11) is 0. The zero-order chi connectivity index (χ0) is 16.3. The Morgan fingerprint density at radius 1 is 0.952 bits per heavy atom. The number of carbonyl (C=O) groups excluding carboxylic acids is 2. The molecule has 0 heterocycles. The summed E-state index contributed by atoms with van der Waals surface area (Å²) < 4.78 is 5.44. The highest BCUT2D eigenvalue weighted by Gasteiger charge is 2.30. The van der Waals surface area contributed by atoms with E-state index in [2.05, 4.69) is 0 Å². The summed E-state index contributed by atoms with van der Waals surface area (Å²) in [5.41, 5.74) is -0.679. The van der Waals surface area contributed by atoms with Crippen LogP contribution in [0.3, 0.4) is 0 Å². The fourth-order valence-electron chi connectivity index (χ4n) is 2.72. The number of ether oxygens (including phenoxy) is 1. The number of hydrogen-bond acceptors (Lipinski definition) is 3. The third kappa shape index (κ3) is 6.19. The second-order valence-corrected chi connectivity index (χ2v) is 8.62. The molecular weight excluding hydrogens is 264 g/mol. The molecule has 0 amide bonds. The van der Waals surface area contributed by atoms with Gasteiger partial charge in [0.05, 0.1) is 12.0 Å². The first-order chi connectivity index (χ1) is 9.50. The van der Waals surface area contributed by atoms with Crippen molar-refractivity contribution in [3.8, 4) is 0 Å². The van der Waals surface area contributed by atoms with E-state index in [0.29, 0.717) is 30.6 Å². The van der Waals surface area contributed by atoms with Gasteiger partial charge >= 0.3 is 5.97 Å². The molecular formula is C18H32O3. The number of carbonyl (C=O) groups is 2. The van der Waals surface area contributed by atoms with Crippen molar-refractivity contribution >= 4 is 11.8 Å². The van der Waals surface area contributed by atoms with E-state index in [1.807, 2.05) is 41.5 Å². The van der Waals surface area contributed by atoms with Gasteiger partial charge in [-0.3, -0.25) is 9.59 Å². The maximum Gasteiger partial charge on any atom is 0.311 e. The summed E-state index contributed by atoms with van der Waals surface area (Å²) >= 11 is 0. The van der Waals surface area contributed by atoms with Gasteiger partial charge in [0.25, 0.3) is 0 Å². The van der Waals surface area contributed by atoms with Crippen LogP contribution in [0.1, 0.15) is 73.6 Å². The molecule has 1 rings (SSSR count). The Morgan fingerprint density at radius 3 is 2.05 bits per heavy atom. The van der Waals surface area contributed by atoms with Gasteiger partial charge in [-0.1, -0.05) is 27.2 Å². The quantitative estimate of drug-likeness (QED) is 0.723. The van der Waals surface area contributed by atoms with Gasteiger partial charge in [0.15, 0.2) is 0 Å². The molecule has 0 N–H and O–H groups in total. The summed E-state index contributed by atoms with van der Waals surface area (Å²) in [6.45, 7) is 12.1. The molecule has 122 valence electrons. The monoisotopic (exact) mass is 296 g/mol. The van der Waals surface area contributed by atoms with Gasteiger partial charge in [0.2, 0.25) is 0 Å². The highest BCUT2D eigenvalue weighted by Crippen LogP contribution is 2.34. The normalized spacial score (nSPS) is 23.7. The third-order valence-electron chi connectivity index (χ3n) is 4.26. The molecule has 1 saturated carbocycles. The van der Waals surface area contributed by atoms with E-state index in [1.165, 1.54) is 0 Å². The van der Waals surface area contributed by atoms with Gasteiger partial charge in [0.1, 0.15) is 5.78 Å². The lowest BCUT2D eigenvalue weighted by molar-refractivity contribution is -0.155. The van der Waals surface area contributed by atoms with Gasteiger partial charge in [-0.2, -0.15) is 0 Å². The Bertz CT molecular complexity index is 371. The molecule has 0 aromatic carbocycles. The van der Waals surface area contributed by atoms with Crippen LogP contribution in [0, 0.1) is 22.7 Å². The van der Waals surface area contributed by atoms with E-state index >= 15 is 0 Å². The second-order valence-electron chi connectivity index (χ2n) is 8.62. The largest absolute Gasteiger partial charge is 0.465 e. The average molecular weight is 296 g/mol. The van der Waals surface area contributed by atoms with Crippen LogP contribution in [-0.4, -0.2) is 18.4 Å². The zero-order valence-electron chi connectivity index (χ0n) is 14.6. The molecule has 0 spiro atoms. The number of esters is 1. The van der Waals surface area contributed by atoms with Crippen LogP contribution >= 0.6 is 0 Å². The lowest BCUT2D eigenvalue weighted by Gasteiger charge is -2.30. The minimum Gasteiger partial charge on any atom is -0.465 e. The van der Waals surface area contributed by atoms with E-state index < -0.39 is 5.41 Å². The van der Waals surface area contributed by atoms with Crippen LogP contribution in [0.4, 0.5) is 0 Å². The molecule has 0 aromatic heterocycles. The zero-order valence-corrected chi connectivity index (χ0v) is 14.6. The third-order valence-corrected chi connectivity index (χ3v) is 4.26. The van der Waals surface area contributed by atoms with Crippen LogP contribution in [0.15, 0.2) is 0 Å². The van der Waals surface area contributed by atoms with Crippen molar-refractivity contribution in [3.63, 3.8) is 0 Å². The van der Waals surface area contributed by atoms with Crippen molar-refractivity contribution in [2.75, 3.05) is 6.61 Å². The van der Waals surface area contributed by atoms with Crippen LogP contribution in [0.5, 0.6) is 0 Å². The van der Waals surface area contributed by atoms with E-state index in [4.69, 9.17) is 4.74 Å². The van der Waals surface area contributed by atoms with Gasteiger partial charge in [-0.25, -0.2) is 0 Å². The molecule has 0 radical (unpaired) electrons. The first-order valence-electron chi connectivity index (χ1n) is 8.20. The Hall–Kier alpha value is -0.860. The first-order valence-corrected chi connectivity index (χ1v) is 8.20. The maximum atomic E-state index is 12.2. The second kappa shape index (κ2) is 6.93. The Labute approximate surface area is 129 Å².